The summed E-state index contributed by atoms with van der Waals surface area (Å²) in [5.74, 6) is 1.54. The zero-order chi connectivity index (χ0) is 17.1. The normalized spacial score (nSPS) is 22.2. The van der Waals surface area contributed by atoms with Gasteiger partial charge in [-0.3, -0.25) is 14.7 Å². The number of ether oxygens (including phenoxy) is 1. The lowest BCUT2D eigenvalue weighted by molar-refractivity contribution is -0.116. The van der Waals surface area contributed by atoms with Crippen molar-refractivity contribution in [1.82, 2.24) is 4.90 Å². The van der Waals surface area contributed by atoms with Gasteiger partial charge < -0.3 is 10.1 Å². The first-order valence-electron chi connectivity index (χ1n) is 9.28. The van der Waals surface area contributed by atoms with E-state index < -0.39 is 0 Å². The second-order valence-electron chi connectivity index (χ2n) is 7.10. The highest BCUT2D eigenvalue weighted by molar-refractivity contribution is 5.94. The maximum absolute atomic E-state index is 11.5. The molecule has 1 aromatic carbocycles. The average molecular weight is 341 g/mol. The molecule has 1 fully saturated rings. The van der Waals surface area contributed by atoms with Crippen LogP contribution in [0.3, 0.4) is 0 Å². The Morgan fingerprint density at radius 3 is 3.24 bits per heavy atom. The van der Waals surface area contributed by atoms with Gasteiger partial charge in [-0.25, -0.2) is 0 Å². The zero-order valence-corrected chi connectivity index (χ0v) is 14.5. The molecule has 0 spiro atoms. The highest BCUT2D eigenvalue weighted by atomic mass is 16.5. The van der Waals surface area contributed by atoms with E-state index in [4.69, 9.17) is 4.74 Å². The molecule has 3 aliphatic rings. The van der Waals surface area contributed by atoms with E-state index in [1.165, 1.54) is 24.1 Å². The second kappa shape index (κ2) is 7.40. The van der Waals surface area contributed by atoms with Gasteiger partial charge >= 0.3 is 0 Å². The number of likely N-dealkylation sites (tertiary alicyclic amines) is 1. The summed E-state index contributed by atoms with van der Waals surface area (Å²) in [5, 5.41) is 2.92. The number of piperidine rings is 1. The van der Waals surface area contributed by atoms with Crippen LogP contribution in [0.4, 0.5) is 5.69 Å². The van der Waals surface area contributed by atoms with Crippen LogP contribution in [0.15, 0.2) is 35.0 Å². The number of fused-ring (bicyclic) bond motifs is 2. The van der Waals surface area contributed by atoms with Crippen LogP contribution in [0.25, 0.3) is 0 Å². The molecule has 4 rings (SSSR count). The number of anilines is 1. The third kappa shape index (κ3) is 3.93. The van der Waals surface area contributed by atoms with Crippen LogP contribution < -0.4 is 10.1 Å². The van der Waals surface area contributed by atoms with Crippen molar-refractivity contribution >= 4 is 17.8 Å². The Balaban J connectivity index is 0.00000196. The minimum absolute atomic E-state index is 0. The van der Waals surface area contributed by atoms with E-state index >= 15 is 0 Å². The number of carbonyl (C=O) groups excluding carboxylic acids is 1. The van der Waals surface area contributed by atoms with Gasteiger partial charge in [-0.1, -0.05) is 6.07 Å². The number of carbonyl (C=O) groups is 1. The zero-order valence-electron chi connectivity index (χ0n) is 14.5. The summed E-state index contributed by atoms with van der Waals surface area (Å²) in [5.41, 5.74) is 3.57. The molecule has 1 saturated heterocycles. The van der Waals surface area contributed by atoms with Gasteiger partial charge in [0.1, 0.15) is 5.75 Å². The lowest BCUT2D eigenvalue weighted by atomic mass is 9.94. The first-order chi connectivity index (χ1) is 12.3. The van der Waals surface area contributed by atoms with E-state index in [-0.39, 0.29) is 7.33 Å². The highest BCUT2D eigenvalue weighted by Crippen LogP contribution is 2.27. The molecule has 5 heteroatoms. The molecule has 3 aliphatic heterocycles. The summed E-state index contributed by atoms with van der Waals surface area (Å²) in [6.07, 6.45) is 8.90. The minimum atomic E-state index is 0. The van der Waals surface area contributed by atoms with Gasteiger partial charge in [-0.15, -0.1) is 0 Å². The van der Waals surface area contributed by atoms with Crippen molar-refractivity contribution in [2.75, 3.05) is 31.6 Å². The predicted octanol–water partition coefficient (Wildman–Crippen LogP) is 3.27. The fourth-order valence-corrected chi connectivity index (χ4v) is 3.77. The largest absolute Gasteiger partial charge is 0.494 e. The fourth-order valence-electron chi connectivity index (χ4n) is 3.77. The molecule has 1 aromatic rings. The number of benzene rings is 1. The van der Waals surface area contributed by atoms with E-state index in [0.29, 0.717) is 12.3 Å². The smallest absolute Gasteiger partial charge is 0.224 e. The monoisotopic (exact) mass is 341 g/mol. The second-order valence-corrected chi connectivity index (χ2v) is 7.10. The van der Waals surface area contributed by atoms with Crippen LogP contribution in [-0.2, 0) is 11.2 Å². The fraction of sp³-hybridized carbons (Fsp3) is 0.500. The molecule has 0 bridgehead atoms. The van der Waals surface area contributed by atoms with Crippen molar-refractivity contribution in [2.45, 2.75) is 32.1 Å². The van der Waals surface area contributed by atoms with Gasteiger partial charge in [-0.2, -0.15) is 0 Å². The molecular formula is C20H27N3O2. The van der Waals surface area contributed by atoms with Crippen LogP contribution in [0, 0.1) is 5.92 Å². The van der Waals surface area contributed by atoms with Gasteiger partial charge in [0.15, 0.2) is 0 Å². The molecular weight excluding hydrogens is 314 g/mol. The Labute approximate surface area is 150 Å². The van der Waals surface area contributed by atoms with E-state index in [0.717, 1.165) is 50.4 Å². The Kier molecular flexibility index (Phi) is 4.83. The number of unbranched alkanes of at least 4 members (excludes halogenated alkanes) is 1. The standard InChI is InChI=1S/C20H25N3O2.H2/c24-20-6-4-15-3-5-18(11-19(15)22-20)25-10-2-1-8-23-9-7-16-12-21-13-17(16)14-23;/h3,5,11-13,16H,1-2,4,6-10,14H2,(H,22,24);1H. The summed E-state index contributed by atoms with van der Waals surface area (Å²) in [6, 6.07) is 6.02. The van der Waals surface area contributed by atoms with Crippen molar-refractivity contribution in [1.29, 1.82) is 0 Å². The van der Waals surface area contributed by atoms with E-state index in [9.17, 15) is 4.79 Å². The maximum atomic E-state index is 11.5. The molecule has 134 valence electrons. The highest BCUT2D eigenvalue weighted by Gasteiger charge is 2.24. The SMILES string of the molecule is O=C1CCc2ccc(OCCCCN3CCC4C=NC=C4C3)cc2N1.[HH]. The molecule has 0 aliphatic carbocycles. The topological polar surface area (TPSA) is 53.9 Å². The lowest BCUT2D eigenvalue weighted by Gasteiger charge is -2.30. The van der Waals surface area contributed by atoms with Crippen molar-refractivity contribution in [3.05, 3.63) is 35.5 Å². The third-order valence-corrected chi connectivity index (χ3v) is 5.26. The van der Waals surface area contributed by atoms with Crippen LogP contribution in [0.2, 0.25) is 0 Å². The third-order valence-electron chi connectivity index (χ3n) is 5.26. The molecule has 3 heterocycles. The van der Waals surface area contributed by atoms with Gasteiger partial charge in [0, 0.05) is 44.5 Å². The minimum Gasteiger partial charge on any atom is -0.494 e. The van der Waals surface area contributed by atoms with Gasteiger partial charge in [0.25, 0.3) is 0 Å². The summed E-state index contributed by atoms with van der Waals surface area (Å²) >= 11 is 0. The maximum Gasteiger partial charge on any atom is 0.224 e. The molecule has 1 atom stereocenters. The molecule has 5 nitrogen and oxygen atoms in total. The van der Waals surface area contributed by atoms with E-state index in [2.05, 4.69) is 27.5 Å². The number of nitrogens with zero attached hydrogens (tertiary/aromatic N) is 2. The Hall–Kier alpha value is -2.14. The molecule has 0 saturated carbocycles. The summed E-state index contributed by atoms with van der Waals surface area (Å²) in [7, 11) is 0. The van der Waals surface area contributed by atoms with Crippen molar-refractivity contribution in [3.63, 3.8) is 0 Å². The number of aliphatic imine (C=N–C) groups is 1. The lowest BCUT2D eigenvalue weighted by Crippen LogP contribution is -2.35. The number of hydrogen-bond acceptors (Lipinski definition) is 4. The van der Waals surface area contributed by atoms with Crippen LogP contribution in [0.5, 0.6) is 5.75 Å². The number of aryl methyl sites for hydroxylation is 1. The van der Waals surface area contributed by atoms with Crippen LogP contribution in [0.1, 0.15) is 32.7 Å². The summed E-state index contributed by atoms with van der Waals surface area (Å²) in [6.45, 7) is 4.07. The predicted molar refractivity (Wildman–Crippen MR) is 101 cm³/mol. The molecule has 1 N–H and O–H groups in total. The summed E-state index contributed by atoms with van der Waals surface area (Å²) in [4.78, 5) is 18.3. The van der Waals surface area contributed by atoms with Gasteiger partial charge in [-0.05, 0) is 56.0 Å². The average Bonchev–Trinajstić information content (AvgIpc) is 3.09. The van der Waals surface area contributed by atoms with E-state index in [1.54, 1.807) is 0 Å². The van der Waals surface area contributed by atoms with Crippen molar-refractivity contribution < 1.29 is 11.0 Å². The first kappa shape index (κ1) is 16.3. The number of rotatable bonds is 6. The van der Waals surface area contributed by atoms with Gasteiger partial charge in [0.2, 0.25) is 5.91 Å². The molecule has 0 radical (unpaired) electrons. The Morgan fingerprint density at radius 1 is 1.32 bits per heavy atom. The summed E-state index contributed by atoms with van der Waals surface area (Å²) < 4.78 is 5.86. The first-order valence-corrected chi connectivity index (χ1v) is 9.28. The molecule has 1 amide bonds. The number of nitrogens with one attached hydrogen (secondary N) is 1. The molecule has 25 heavy (non-hydrogen) atoms. The van der Waals surface area contributed by atoms with Gasteiger partial charge in [0.05, 0.1) is 6.61 Å². The molecule has 0 aromatic heterocycles. The quantitative estimate of drug-likeness (QED) is 0.808. The van der Waals surface area contributed by atoms with Crippen molar-refractivity contribution in [3.8, 4) is 5.75 Å². The van der Waals surface area contributed by atoms with Crippen LogP contribution >= 0.6 is 0 Å². The van der Waals surface area contributed by atoms with E-state index in [1.807, 2.05) is 18.3 Å². The number of amides is 1. The Morgan fingerprint density at radius 2 is 2.28 bits per heavy atom. The van der Waals surface area contributed by atoms with Crippen LogP contribution in [-0.4, -0.2) is 43.3 Å². The number of hydrogen-bond donors (Lipinski definition) is 1. The van der Waals surface area contributed by atoms with Crippen molar-refractivity contribution in [2.24, 2.45) is 10.9 Å². The Bertz CT molecular complexity index is 717. The molecule has 1 unspecified atom stereocenters.